The van der Waals surface area contributed by atoms with Crippen LogP contribution in [0.15, 0.2) is 42.9 Å². The van der Waals surface area contributed by atoms with Crippen molar-refractivity contribution in [2.75, 3.05) is 29.9 Å². The summed E-state index contributed by atoms with van der Waals surface area (Å²) in [5, 5.41) is 9.87. The molecular weight excluding hydrogens is 452 g/mol. The average molecular weight is 481 g/mol. The molecular formula is C27H28N8O. The number of anilines is 3. The zero-order valence-corrected chi connectivity index (χ0v) is 20.4. The van der Waals surface area contributed by atoms with Gasteiger partial charge in [-0.3, -0.25) is 14.2 Å². The van der Waals surface area contributed by atoms with Crippen molar-refractivity contribution in [2.45, 2.75) is 32.9 Å². The zero-order valence-electron chi connectivity index (χ0n) is 20.4. The van der Waals surface area contributed by atoms with Crippen LogP contribution >= 0.6 is 0 Å². The van der Waals surface area contributed by atoms with E-state index in [0.717, 1.165) is 53.6 Å². The highest BCUT2D eigenvalue weighted by Crippen LogP contribution is 2.35. The molecule has 3 aliphatic heterocycles. The minimum Gasteiger partial charge on any atom is -0.352 e. The molecule has 7 heterocycles. The fourth-order valence-corrected chi connectivity index (χ4v) is 5.93. The number of nitrogens with zero attached hydrogens (tertiary/aromatic N) is 5. The molecule has 7 rings (SSSR count). The van der Waals surface area contributed by atoms with Crippen LogP contribution in [0.4, 0.5) is 17.3 Å². The van der Waals surface area contributed by atoms with Crippen LogP contribution in [0, 0.1) is 19.8 Å². The monoisotopic (exact) mass is 480 g/mol. The van der Waals surface area contributed by atoms with Gasteiger partial charge in [-0.1, -0.05) is 6.07 Å². The van der Waals surface area contributed by atoms with Crippen molar-refractivity contribution >= 4 is 28.9 Å². The number of imidazole rings is 1. The lowest BCUT2D eigenvalue weighted by molar-refractivity contribution is 0.0966. The molecule has 2 fully saturated rings. The molecule has 0 aromatic carbocycles. The Morgan fingerprint density at radius 3 is 2.94 bits per heavy atom. The van der Waals surface area contributed by atoms with Gasteiger partial charge in [0.2, 0.25) is 0 Å². The Labute approximate surface area is 209 Å². The van der Waals surface area contributed by atoms with Crippen LogP contribution in [0.5, 0.6) is 0 Å². The predicted octanol–water partition coefficient (Wildman–Crippen LogP) is 3.19. The highest BCUT2D eigenvalue weighted by molar-refractivity contribution is 6.05. The lowest BCUT2D eigenvalue weighted by Crippen LogP contribution is -2.34. The van der Waals surface area contributed by atoms with E-state index in [4.69, 9.17) is 9.97 Å². The van der Waals surface area contributed by atoms with Crippen molar-refractivity contribution < 1.29 is 4.79 Å². The van der Waals surface area contributed by atoms with Gasteiger partial charge in [-0.2, -0.15) is 0 Å². The van der Waals surface area contributed by atoms with Gasteiger partial charge in [-0.15, -0.1) is 0 Å². The molecule has 9 nitrogen and oxygen atoms in total. The first-order valence-corrected chi connectivity index (χ1v) is 12.5. The number of rotatable bonds is 4. The van der Waals surface area contributed by atoms with Gasteiger partial charge in [-0.25, -0.2) is 9.97 Å². The van der Waals surface area contributed by atoms with Gasteiger partial charge in [0.25, 0.3) is 5.91 Å². The molecule has 0 aliphatic carbocycles. The highest BCUT2D eigenvalue weighted by atomic mass is 16.1. The Morgan fingerprint density at radius 1 is 1.11 bits per heavy atom. The smallest absolute Gasteiger partial charge is 0.254 e. The quantitative estimate of drug-likeness (QED) is 0.413. The summed E-state index contributed by atoms with van der Waals surface area (Å²) < 4.78 is 2.05. The van der Waals surface area contributed by atoms with Crippen LogP contribution in [-0.4, -0.2) is 50.9 Å². The fraction of sp³-hybridized carbons (Fsp3) is 0.333. The number of aryl methyl sites for hydroxylation is 2. The number of nitrogens with one attached hydrogen (secondary N) is 3. The molecule has 1 amide bonds. The van der Waals surface area contributed by atoms with Gasteiger partial charge in [0, 0.05) is 44.0 Å². The minimum absolute atomic E-state index is 0.104. The Kier molecular flexibility index (Phi) is 4.75. The maximum absolute atomic E-state index is 12.9. The minimum atomic E-state index is -0.104. The summed E-state index contributed by atoms with van der Waals surface area (Å²) in [6.45, 7) is 7.71. The maximum atomic E-state index is 12.9. The van der Waals surface area contributed by atoms with Gasteiger partial charge in [0.05, 0.1) is 35.0 Å². The summed E-state index contributed by atoms with van der Waals surface area (Å²) in [5.74, 6) is 2.27. The summed E-state index contributed by atoms with van der Waals surface area (Å²) in [5.41, 5.74) is 7.03. The van der Waals surface area contributed by atoms with E-state index in [1.807, 2.05) is 28.9 Å². The zero-order chi connectivity index (χ0) is 24.4. The van der Waals surface area contributed by atoms with Crippen molar-refractivity contribution in [1.29, 1.82) is 0 Å². The second kappa shape index (κ2) is 8.03. The van der Waals surface area contributed by atoms with E-state index < -0.39 is 0 Å². The number of fused-ring (bicyclic) bond motifs is 3. The molecule has 3 N–H and O–H groups in total. The summed E-state index contributed by atoms with van der Waals surface area (Å²) in [6.07, 6.45) is 6.79. The molecule has 0 unspecified atom stereocenters. The summed E-state index contributed by atoms with van der Waals surface area (Å²) in [4.78, 5) is 29.7. The van der Waals surface area contributed by atoms with Crippen LogP contribution in [0.1, 0.15) is 33.5 Å². The molecule has 0 spiro atoms. The van der Waals surface area contributed by atoms with Gasteiger partial charge in [0.15, 0.2) is 0 Å². The Morgan fingerprint density at radius 2 is 2.03 bits per heavy atom. The van der Waals surface area contributed by atoms with Crippen LogP contribution < -0.4 is 20.9 Å². The highest BCUT2D eigenvalue weighted by Gasteiger charge is 2.38. The van der Waals surface area contributed by atoms with E-state index in [2.05, 4.69) is 51.8 Å². The third-order valence-corrected chi connectivity index (χ3v) is 8.01. The number of pyridine rings is 3. The van der Waals surface area contributed by atoms with Gasteiger partial charge in [-0.05, 0) is 55.5 Å². The van der Waals surface area contributed by atoms with Gasteiger partial charge < -0.3 is 20.9 Å². The Bertz CT molecular complexity index is 1530. The Hall–Kier alpha value is -3.98. The number of hydrogen-bond acceptors (Lipinski definition) is 7. The third kappa shape index (κ3) is 3.19. The molecule has 3 aliphatic rings. The number of hydrogen-bond donors (Lipinski definition) is 3. The molecule has 0 saturated carbocycles. The molecule has 2 atom stereocenters. The van der Waals surface area contributed by atoms with Crippen LogP contribution in [0.3, 0.4) is 0 Å². The molecule has 2 saturated heterocycles. The first kappa shape index (κ1) is 21.3. The topological polar surface area (TPSA) is 99.5 Å². The van der Waals surface area contributed by atoms with E-state index in [1.165, 1.54) is 12.0 Å². The third-order valence-electron chi connectivity index (χ3n) is 8.01. The van der Waals surface area contributed by atoms with Crippen LogP contribution in [0.2, 0.25) is 0 Å². The van der Waals surface area contributed by atoms with Crippen molar-refractivity contribution in [2.24, 2.45) is 5.92 Å². The predicted molar refractivity (Wildman–Crippen MR) is 139 cm³/mol. The average Bonchev–Trinajstić information content (AvgIpc) is 3.66. The van der Waals surface area contributed by atoms with Crippen molar-refractivity contribution in [1.82, 2.24) is 30.0 Å². The van der Waals surface area contributed by atoms with E-state index in [-0.39, 0.29) is 5.91 Å². The maximum Gasteiger partial charge on any atom is 0.254 e. The van der Waals surface area contributed by atoms with Crippen molar-refractivity contribution in [3.8, 4) is 11.4 Å². The van der Waals surface area contributed by atoms with E-state index in [0.29, 0.717) is 35.6 Å². The standard InChI is InChI=1S/C27H28N8O/c1-15-6-8-35-21(14-30-26(35)16(15)2)25-18-11-31-27(36)24(18)19(12-29-25)32-22-4-3-5-23(33-22)34-9-7-17-10-28-13-20(17)34/h3-6,8,12,14,17,20,28H,7,9-11,13H2,1-2H3,(H,31,36)(H,32,33)/t17-,20+/m1/s1. The number of aromatic nitrogens is 4. The summed E-state index contributed by atoms with van der Waals surface area (Å²) in [6, 6.07) is 8.61. The molecule has 9 heteroatoms. The van der Waals surface area contributed by atoms with Crippen LogP contribution in [-0.2, 0) is 6.54 Å². The van der Waals surface area contributed by atoms with E-state index in [9.17, 15) is 4.79 Å². The lowest BCUT2D eigenvalue weighted by Gasteiger charge is -2.25. The van der Waals surface area contributed by atoms with Crippen molar-refractivity contribution in [3.63, 3.8) is 0 Å². The largest absolute Gasteiger partial charge is 0.352 e. The molecule has 4 aromatic heterocycles. The summed E-state index contributed by atoms with van der Waals surface area (Å²) >= 11 is 0. The van der Waals surface area contributed by atoms with E-state index >= 15 is 0 Å². The molecule has 4 aromatic rings. The lowest BCUT2D eigenvalue weighted by atomic mass is 10.1. The second-order valence-corrected chi connectivity index (χ2v) is 9.99. The molecule has 36 heavy (non-hydrogen) atoms. The van der Waals surface area contributed by atoms with Gasteiger partial charge in [0.1, 0.15) is 17.3 Å². The number of amides is 1. The first-order chi connectivity index (χ1) is 17.6. The fourth-order valence-electron chi connectivity index (χ4n) is 5.93. The van der Waals surface area contributed by atoms with Crippen LogP contribution in [0.25, 0.3) is 17.0 Å². The molecule has 0 bridgehead atoms. The summed E-state index contributed by atoms with van der Waals surface area (Å²) in [7, 11) is 0. The van der Waals surface area contributed by atoms with E-state index in [1.54, 1.807) is 6.20 Å². The normalized spacial score (nSPS) is 20.6. The van der Waals surface area contributed by atoms with Crippen molar-refractivity contribution in [3.05, 3.63) is 65.1 Å². The molecule has 0 radical (unpaired) electrons. The number of carbonyl (C=O) groups excluding carboxylic acids is 1. The first-order valence-electron chi connectivity index (χ1n) is 12.5. The second-order valence-electron chi connectivity index (χ2n) is 9.99. The van der Waals surface area contributed by atoms with Gasteiger partial charge >= 0.3 is 0 Å². The SMILES string of the molecule is Cc1ccn2c(-c3ncc(Nc4cccc(N5CC[C@@H]6CNC[C@@H]65)n4)c4c3CNC4=O)cnc2c1C. The molecule has 182 valence electrons. The Balaban J connectivity index is 1.25. The number of carbonyl (C=O) groups is 1.